The van der Waals surface area contributed by atoms with Gasteiger partial charge in [0.05, 0.1) is 92.5 Å². The molecule has 0 amide bonds. The summed E-state index contributed by atoms with van der Waals surface area (Å²) in [6, 6.07) is 0. The second-order valence-corrected chi connectivity index (χ2v) is 28.1. The smallest absolute Gasteiger partial charge is 0.330 e. The van der Waals surface area contributed by atoms with Crippen molar-refractivity contribution in [1.29, 1.82) is 0 Å². The number of hydrogen-bond donors (Lipinski definition) is 16. The average molecular weight is 1320 g/mol. The fraction of sp³-hybridized carbons (Fsp3) is 1.00. The first-order valence-electron chi connectivity index (χ1n) is 22.1. The van der Waals surface area contributed by atoms with E-state index in [2.05, 4.69) is 4.52 Å². The molecule has 0 radical (unpaired) electrons. The van der Waals surface area contributed by atoms with Crippen molar-refractivity contribution in [3.63, 3.8) is 0 Å². The summed E-state index contributed by atoms with van der Waals surface area (Å²) >= 11 is 0. The Labute approximate surface area is 444 Å². The lowest BCUT2D eigenvalue weighted by molar-refractivity contribution is 0.0629. The lowest BCUT2D eigenvalue weighted by Gasteiger charge is -2.23. The Kier molecular flexibility index (Phi) is 39.4. The quantitative estimate of drug-likeness (QED) is 0.0264. The molecule has 0 aromatic rings. The third-order valence-electron chi connectivity index (χ3n) is 9.14. The first-order valence-corrected chi connectivity index (χ1v) is 34.7. The van der Waals surface area contributed by atoms with Crippen LogP contribution in [-0.4, -0.2) is 189 Å². The van der Waals surface area contributed by atoms with Gasteiger partial charge in [-0.15, -0.1) is 13.4 Å². The lowest BCUT2D eigenvalue weighted by atomic mass is 10.2. The van der Waals surface area contributed by atoms with Crippen LogP contribution in [0.25, 0.3) is 0 Å². The second kappa shape index (κ2) is 39.2. The first kappa shape index (κ1) is 78.4. The highest BCUT2D eigenvalue weighted by Crippen LogP contribution is 2.50. The zero-order valence-corrected chi connectivity index (χ0v) is 48.6. The molecule has 0 heterocycles. The van der Waals surface area contributed by atoms with E-state index >= 15 is 0 Å². The van der Waals surface area contributed by atoms with E-state index in [-0.39, 0.29) is 13.1 Å². The van der Waals surface area contributed by atoms with Gasteiger partial charge in [-0.1, -0.05) is 0 Å². The predicted octanol–water partition coefficient (Wildman–Crippen LogP) is -0.700. The summed E-state index contributed by atoms with van der Waals surface area (Å²) in [6.45, 7) is -13.1. The minimum Gasteiger partial charge on any atom is -0.330 e. The van der Waals surface area contributed by atoms with Gasteiger partial charge in [0.25, 0.3) is 0 Å². The summed E-state index contributed by atoms with van der Waals surface area (Å²) in [5.41, 5.74) is 25.7. The molecule has 470 valence electrons. The molecule has 0 aliphatic rings. The highest BCUT2D eigenvalue weighted by molar-refractivity contribution is 7.52. The van der Waals surface area contributed by atoms with Crippen LogP contribution in [0.1, 0.15) is 0 Å². The summed E-state index contributed by atoms with van der Waals surface area (Å²) < 4.78 is 203. The van der Waals surface area contributed by atoms with Crippen molar-refractivity contribution in [3.8, 4) is 0 Å². The van der Waals surface area contributed by atoms with E-state index in [0.29, 0.717) is 0 Å². The van der Waals surface area contributed by atoms with Crippen LogP contribution in [0.5, 0.6) is 0 Å². The molecule has 14 atom stereocenters. The summed E-state index contributed by atoms with van der Waals surface area (Å²) in [6.07, 6.45) is 0. The maximum Gasteiger partial charge on any atom is 0.472 e. The summed E-state index contributed by atoms with van der Waals surface area (Å²) in [4.78, 5) is 87.4. The minimum atomic E-state index is -5.08. The molecule has 38 nitrogen and oxygen atoms in total. The van der Waals surface area contributed by atoms with Crippen LogP contribution in [0.3, 0.4) is 0 Å². The molecule has 0 aliphatic heterocycles. The van der Waals surface area contributed by atoms with E-state index in [4.69, 9.17) is 91.5 Å². The molecule has 20 N–H and O–H groups in total. The number of phosphoric ester groups is 7. The highest BCUT2D eigenvalue weighted by atomic mass is 31.2. The number of halogens is 3. The fourth-order valence-corrected chi connectivity index (χ4v) is 10.8. The number of hydrogen-bond acceptors (Lipinski definition) is 29. The maximum absolute atomic E-state index is 13.1. The standard InChI is InChI=1S/C29H72F3N7O31P8/c1-71(40,41)57-9-23(2-33)11-59-73(45,46)65-17-27(6-37-30)19-67-75(49,50)61-13-25(4-35)15-63-77(53,54)69-21-29(8-39-32)22-70-78(55,56)64-16-26(5-36)14-62-76(51,52)68-20-28(7-38-31)18-66-74(47,48)60-12-24(3-34)10-58-72(42,43)44/h23-29,37-39H,2-22,33-36H2,1H3,(H,40,41)(H,45,46)(H,47,48)(H,49,50)(H,51,52)(H,53,54)(H,55,56)(H2,42,43,44). The van der Waals surface area contributed by atoms with Gasteiger partial charge < -0.3 is 71.5 Å². The monoisotopic (exact) mass is 1320 g/mol. The van der Waals surface area contributed by atoms with Gasteiger partial charge in [0, 0.05) is 67.7 Å². The van der Waals surface area contributed by atoms with Crippen molar-refractivity contribution in [2.45, 2.75) is 0 Å². The third kappa shape index (κ3) is 42.3. The molecule has 0 aromatic heterocycles. The molecule has 49 heteroatoms. The Balaban J connectivity index is 5.06. The second-order valence-electron chi connectivity index (χ2n) is 16.3. The Morgan fingerprint density at radius 2 is 0.462 bits per heavy atom. The van der Waals surface area contributed by atoms with Crippen LogP contribution >= 0.6 is 62.4 Å². The lowest BCUT2D eigenvalue weighted by Crippen LogP contribution is -2.27. The van der Waals surface area contributed by atoms with Gasteiger partial charge >= 0.3 is 62.4 Å². The summed E-state index contributed by atoms with van der Waals surface area (Å²) in [7, 11) is -38.8. The molecule has 0 rings (SSSR count). The van der Waals surface area contributed by atoms with Gasteiger partial charge in [0.1, 0.15) is 0 Å². The molecule has 78 heavy (non-hydrogen) atoms. The van der Waals surface area contributed by atoms with Crippen LogP contribution in [0, 0.1) is 41.4 Å². The van der Waals surface area contributed by atoms with Crippen molar-refractivity contribution < 1.29 is 157 Å². The fourth-order valence-electron chi connectivity index (χ4n) is 4.63. The maximum atomic E-state index is 13.1. The van der Waals surface area contributed by atoms with E-state index < -0.39 is 229 Å². The third-order valence-corrected chi connectivity index (χ3v) is 16.0. The summed E-state index contributed by atoms with van der Waals surface area (Å²) in [5.74, 6) is -7.91. The van der Waals surface area contributed by atoms with Gasteiger partial charge in [-0.25, -0.2) is 32.0 Å². The van der Waals surface area contributed by atoms with Gasteiger partial charge in [-0.05, 0) is 26.2 Å². The minimum absolute atomic E-state index is 0.195. The zero-order valence-electron chi connectivity index (χ0n) is 41.4. The Hall–Kier alpha value is 0.430. The molecule has 14 unspecified atom stereocenters. The summed E-state index contributed by atoms with van der Waals surface area (Å²) in [5, 5.41) is 0. The zero-order chi connectivity index (χ0) is 59.9. The Bertz CT molecular complexity index is 1930. The Morgan fingerprint density at radius 3 is 0.603 bits per heavy atom. The van der Waals surface area contributed by atoms with Crippen LogP contribution < -0.4 is 39.6 Å². The first-order chi connectivity index (χ1) is 36.0. The van der Waals surface area contributed by atoms with E-state index in [1.165, 1.54) is 16.6 Å². The number of nitrogens with one attached hydrogen (secondary N) is 3. The van der Waals surface area contributed by atoms with E-state index in [1.807, 2.05) is 0 Å². The molecular weight excluding hydrogens is 1250 g/mol. The molecule has 0 fully saturated rings. The van der Waals surface area contributed by atoms with Crippen molar-refractivity contribution in [2.75, 3.05) is 145 Å². The molecule has 0 saturated heterocycles. The average Bonchev–Trinajstić information content (AvgIpc) is 3.33. The van der Waals surface area contributed by atoms with Crippen LogP contribution in [0.15, 0.2) is 0 Å². The van der Waals surface area contributed by atoms with Crippen LogP contribution in [-0.2, 0) is 99.9 Å². The molecule has 0 saturated carbocycles. The van der Waals surface area contributed by atoms with Crippen molar-refractivity contribution in [2.24, 2.45) is 64.4 Å². The SMILES string of the molecule is CP(=O)(O)OCC(CN)COP(=O)(O)OCC(CNF)COP(=O)(O)OCC(CN)COP(=O)(O)OCC(CNF)COP(=O)(O)OCC(CN)COP(=O)(O)OCC(CNF)COP(=O)(O)OCC(CN)COP(=O)(O)O. The number of phosphoric acid groups is 7. The van der Waals surface area contributed by atoms with Gasteiger partial charge in [-0.2, -0.15) is 16.6 Å². The molecular formula is C29H72F3N7O31P8. The highest BCUT2D eigenvalue weighted by Gasteiger charge is 2.34. The number of nitrogens with two attached hydrogens (primary N) is 4. The van der Waals surface area contributed by atoms with Crippen molar-refractivity contribution >= 4 is 62.4 Å². The molecule has 0 bridgehead atoms. The largest absolute Gasteiger partial charge is 0.472 e. The van der Waals surface area contributed by atoms with Gasteiger partial charge in [0.2, 0.25) is 0 Å². The van der Waals surface area contributed by atoms with Crippen molar-refractivity contribution in [3.05, 3.63) is 0 Å². The van der Waals surface area contributed by atoms with E-state index in [9.17, 15) is 84.2 Å². The molecule has 0 aromatic carbocycles. The topological polar surface area (TPSA) is 588 Å². The Morgan fingerprint density at radius 1 is 0.308 bits per heavy atom. The van der Waals surface area contributed by atoms with Crippen LogP contribution in [0.4, 0.5) is 13.4 Å². The van der Waals surface area contributed by atoms with E-state index in [0.717, 1.165) is 6.66 Å². The molecule has 0 aliphatic carbocycles. The predicted molar refractivity (Wildman–Crippen MR) is 258 cm³/mol. The van der Waals surface area contributed by atoms with Gasteiger partial charge in [-0.3, -0.25) is 63.4 Å². The van der Waals surface area contributed by atoms with Crippen molar-refractivity contribution in [1.82, 2.24) is 16.6 Å². The molecule has 0 spiro atoms. The number of rotatable bonds is 52. The van der Waals surface area contributed by atoms with Gasteiger partial charge in [0.15, 0.2) is 0 Å². The normalized spacial score (nSPS) is 20.8. The van der Waals surface area contributed by atoms with Crippen LogP contribution in [0.2, 0.25) is 0 Å². The van der Waals surface area contributed by atoms with E-state index in [1.54, 1.807) is 0 Å².